The number of rotatable bonds is 3. The molecule has 1 N–H and O–H groups in total. The van der Waals surface area contributed by atoms with Crippen molar-refractivity contribution in [2.24, 2.45) is 5.41 Å². The van der Waals surface area contributed by atoms with Crippen LogP contribution in [-0.2, 0) is 4.74 Å². The minimum atomic E-state index is -0.394. The summed E-state index contributed by atoms with van der Waals surface area (Å²) >= 11 is 0. The van der Waals surface area contributed by atoms with Gasteiger partial charge in [0.2, 0.25) is 0 Å². The third-order valence-electron chi connectivity index (χ3n) is 2.90. The lowest BCUT2D eigenvalue weighted by atomic mass is 9.77. The Morgan fingerprint density at radius 3 is 2.67 bits per heavy atom. The van der Waals surface area contributed by atoms with E-state index in [2.05, 4.69) is 16.0 Å². The summed E-state index contributed by atoms with van der Waals surface area (Å²) in [5.41, 5.74) is 0.679. The third kappa shape index (κ3) is 1.54. The van der Waals surface area contributed by atoms with E-state index in [9.17, 15) is 5.26 Å². The highest BCUT2D eigenvalue weighted by atomic mass is 16.5. The highest BCUT2D eigenvalue weighted by Gasteiger charge is 2.48. The topological polar surface area (TPSA) is 52.0 Å². The van der Waals surface area contributed by atoms with Gasteiger partial charge in [0.05, 0.1) is 25.3 Å². The lowest BCUT2D eigenvalue weighted by Gasteiger charge is -2.44. The maximum Gasteiger partial charge on any atom is 0.125 e. The van der Waals surface area contributed by atoms with E-state index >= 15 is 0 Å². The van der Waals surface area contributed by atoms with Gasteiger partial charge in [-0.3, -0.25) is 4.90 Å². The number of nitrogens with zero attached hydrogens (tertiary/aromatic N) is 2. The number of aromatic amines is 1. The second-order valence-corrected chi connectivity index (χ2v) is 4.25. The maximum absolute atomic E-state index is 9.28. The lowest BCUT2D eigenvalue weighted by molar-refractivity contribution is -0.116. The molecule has 2 rings (SSSR count). The van der Waals surface area contributed by atoms with Crippen molar-refractivity contribution in [1.29, 1.82) is 5.26 Å². The second kappa shape index (κ2) is 3.69. The molecule has 0 saturated carbocycles. The molecular formula is C11H15N3O. The molecule has 0 spiro atoms. The van der Waals surface area contributed by atoms with E-state index in [1.807, 2.05) is 32.4 Å². The van der Waals surface area contributed by atoms with Crippen LogP contribution in [0.2, 0.25) is 0 Å². The van der Waals surface area contributed by atoms with Crippen LogP contribution in [0.15, 0.2) is 18.3 Å². The van der Waals surface area contributed by atoms with Crippen molar-refractivity contribution in [1.82, 2.24) is 9.88 Å². The average Bonchev–Trinajstić information content (AvgIpc) is 2.62. The lowest BCUT2D eigenvalue weighted by Crippen LogP contribution is -2.50. The van der Waals surface area contributed by atoms with Gasteiger partial charge in [0.1, 0.15) is 5.41 Å². The summed E-state index contributed by atoms with van der Waals surface area (Å²) in [7, 11) is 3.98. The van der Waals surface area contributed by atoms with Crippen molar-refractivity contribution in [3.63, 3.8) is 0 Å². The van der Waals surface area contributed by atoms with Crippen LogP contribution in [0.1, 0.15) is 11.7 Å². The van der Waals surface area contributed by atoms with Crippen LogP contribution < -0.4 is 0 Å². The van der Waals surface area contributed by atoms with Gasteiger partial charge >= 0.3 is 0 Å². The molecule has 0 aliphatic carbocycles. The van der Waals surface area contributed by atoms with Gasteiger partial charge in [-0.15, -0.1) is 0 Å². The fourth-order valence-electron chi connectivity index (χ4n) is 2.19. The minimum Gasteiger partial charge on any atom is -0.378 e. The zero-order chi connectivity index (χ0) is 10.9. The largest absolute Gasteiger partial charge is 0.378 e. The Morgan fingerprint density at radius 1 is 1.60 bits per heavy atom. The highest BCUT2D eigenvalue weighted by molar-refractivity contribution is 5.21. The second-order valence-electron chi connectivity index (χ2n) is 4.25. The molecule has 1 aromatic rings. The van der Waals surface area contributed by atoms with Gasteiger partial charge in [-0.05, 0) is 26.2 Å². The summed E-state index contributed by atoms with van der Waals surface area (Å²) in [5, 5.41) is 9.28. The number of H-pyrrole nitrogens is 1. The van der Waals surface area contributed by atoms with Gasteiger partial charge in [-0.2, -0.15) is 5.26 Å². The van der Waals surface area contributed by atoms with Gasteiger partial charge in [0.15, 0.2) is 0 Å². The van der Waals surface area contributed by atoms with Crippen molar-refractivity contribution in [3.05, 3.63) is 24.0 Å². The first-order chi connectivity index (χ1) is 7.19. The van der Waals surface area contributed by atoms with Crippen molar-refractivity contribution in [2.45, 2.75) is 6.04 Å². The fourth-order valence-corrected chi connectivity index (χ4v) is 2.19. The van der Waals surface area contributed by atoms with Crippen LogP contribution >= 0.6 is 0 Å². The van der Waals surface area contributed by atoms with Gasteiger partial charge in [0, 0.05) is 11.9 Å². The van der Waals surface area contributed by atoms with Crippen LogP contribution in [0.4, 0.5) is 0 Å². The molecule has 0 amide bonds. The molecule has 0 bridgehead atoms. The average molecular weight is 205 g/mol. The summed E-state index contributed by atoms with van der Waals surface area (Å²) in [6.45, 7) is 1.04. The van der Waals surface area contributed by atoms with Gasteiger partial charge in [-0.25, -0.2) is 0 Å². The number of hydrogen-bond donors (Lipinski definition) is 1. The van der Waals surface area contributed by atoms with Crippen LogP contribution in [0.3, 0.4) is 0 Å². The molecule has 1 aromatic heterocycles. The SMILES string of the molecule is CN(C)C(c1ccc[nH]1)C1(C#N)COC1. The first-order valence-electron chi connectivity index (χ1n) is 4.98. The van der Waals surface area contributed by atoms with Crippen LogP contribution in [0, 0.1) is 16.7 Å². The van der Waals surface area contributed by atoms with E-state index in [-0.39, 0.29) is 6.04 Å². The van der Waals surface area contributed by atoms with Crippen LogP contribution in [0.5, 0.6) is 0 Å². The molecule has 1 aliphatic heterocycles. The Morgan fingerprint density at radius 2 is 2.33 bits per heavy atom. The summed E-state index contributed by atoms with van der Waals surface area (Å²) in [6.07, 6.45) is 1.89. The molecule has 0 radical (unpaired) electrons. The number of ether oxygens (including phenoxy) is 1. The Hall–Kier alpha value is -1.31. The number of aromatic nitrogens is 1. The molecule has 2 heterocycles. The monoisotopic (exact) mass is 205 g/mol. The van der Waals surface area contributed by atoms with Gasteiger partial charge in [0.25, 0.3) is 0 Å². The Kier molecular flexibility index (Phi) is 2.51. The van der Waals surface area contributed by atoms with E-state index < -0.39 is 5.41 Å². The van der Waals surface area contributed by atoms with E-state index in [4.69, 9.17) is 4.74 Å². The molecule has 1 saturated heterocycles. The molecule has 15 heavy (non-hydrogen) atoms. The Bertz CT molecular complexity index is 360. The number of nitriles is 1. The smallest absolute Gasteiger partial charge is 0.125 e. The zero-order valence-corrected chi connectivity index (χ0v) is 9.03. The molecule has 1 unspecified atom stereocenters. The molecule has 80 valence electrons. The molecule has 0 aromatic carbocycles. The van der Waals surface area contributed by atoms with Crippen LogP contribution in [0.25, 0.3) is 0 Å². The predicted molar refractivity (Wildman–Crippen MR) is 56.1 cm³/mol. The maximum atomic E-state index is 9.28. The summed E-state index contributed by atoms with van der Waals surface area (Å²) < 4.78 is 5.20. The minimum absolute atomic E-state index is 0.0752. The van der Waals surface area contributed by atoms with Crippen molar-refractivity contribution < 1.29 is 4.74 Å². The van der Waals surface area contributed by atoms with E-state index in [0.717, 1.165) is 5.69 Å². The molecule has 1 fully saturated rings. The van der Waals surface area contributed by atoms with E-state index in [1.54, 1.807) is 0 Å². The van der Waals surface area contributed by atoms with Crippen molar-refractivity contribution in [3.8, 4) is 6.07 Å². The molecule has 1 atom stereocenters. The molecule has 4 heteroatoms. The van der Waals surface area contributed by atoms with E-state index in [0.29, 0.717) is 13.2 Å². The fraction of sp³-hybridized carbons (Fsp3) is 0.545. The van der Waals surface area contributed by atoms with Gasteiger partial charge in [-0.1, -0.05) is 0 Å². The Balaban J connectivity index is 2.32. The first kappa shape index (κ1) is 10.2. The molecule has 4 nitrogen and oxygen atoms in total. The third-order valence-corrected chi connectivity index (χ3v) is 2.90. The normalized spacial score (nSPS) is 20.7. The standard InChI is InChI=1S/C11H15N3O/c1-14(2)10(9-4-3-5-13-9)11(6-12)7-15-8-11/h3-5,10,13H,7-8H2,1-2H3. The summed E-state index contributed by atoms with van der Waals surface area (Å²) in [4.78, 5) is 5.25. The Labute approximate surface area is 89.5 Å². The van der Waals surface area contributed by atoms with Gasteiger partial charge < -0.3 is 9.72 Å². The number of hydrogen-bond acceptors (Lipinski definition) is 3. The zero-order valence-electron chi connectivity index (χ0n) is 9.03. The quantitative estimate of drug-likeness (QED) is 0.805. The highest BCUT2D eigenvalue weighted by Crippen LogP contribution is 2.42. The number of nitrogens with one attached hydrogen (secondary N) is 1. The summed E-state index contributed by atoms with van der Waals surface area (Å²) in [6, 6.07) is 6.44. The van der Waals surface area contributed by atoms with E-state index in [1.165, 1.54) is 0 Å². The van der Waals surface area contributed by atoms with Crippen molar-refractivity contribution >= 4 is 0 Å². The first-order valence-corrected chi connectivity index (χ1v) is 4.98. The van der Waals surface area contributed by atoms with Crippen molar-refractivity contribution in [2.75, 3.05) is 27.3 Å². The van der Waals surface area contributed by atoms with Crippen LogP contribution in [-0.4, -0.2) is 37.2 Å². The predicted octanol–water partition coefficient (Wildman–Crippen LogP) is 1.16. The summed E-state index contributed by atoms with van der Waals surface area (Å²) in [5.74, 6) is 0. The molecule has 1 aliphatic rings. The molecular weight excluding hydrogens is 190 g/mol.